The molecule has 0 aliphatic rings. The molecule has 0 bridgehead atoms. The molecule has 0 aliphatic heterocycles. The number of carbonyl (C=O) groups is 2. The third-order valence-electron chi connectivity index (χ3n) is 3.62. The summed E-state index contributed by atoms with van der Waals surface area (Å²) in [5, 5.41) is 6.61. The lowest BCUT2D eigenvalue weighted by Crippen LogP contribution is -2.40. The summed E-state index contributed by atoms with van der Waals surface area (Å²) in [5.41, 5.74) is 1.48. The fraction of sp³-hybridized carbons (Fsp3) is 0.200. The quantitative estimate of drug-likeness (QED) is 0.760. The Bertz CT molecular complexity index is 971. The van der Waals surface area contributed by atoms with E-state index >= 15 is 0 Å². The predicted octanol–water partition coefficient (Wildman–Crippen LogP) is 3.41. The number of nitrogens with one attached hydrogen (secondary N) is 2. The highest BCUT2D eigenvalue weighted by atomic mass is 16.2. The highest BCUT2D eigenvalue weighted by Gasteiger charge is 2.17. The largest absolute Gasteiger partial charge is 0.347 e. The first kappa shape index (κ1) is 17.5. The molecule has 2 heterocycles. The third-order valence-corrected chi connectivity index (χ3v) is 3.62. The zero-order chi connectivity index (χ0) is 18.7. The van der Waals surface area contributed by atoms with E-state index in [1.54, 1.807) is 18.3 Å². The molecule has 6 heteroatoms. The standard InChI is InChI=1S/C20H20N4O2/c1-20(2,3)24-18(25)14-9-11-21-16(12-14)19(26)23-15-8-4-6-13-7-5-10-22-17(13)15/h4-12H,1-3H3,(H,23,26)(H,24,25). The number of pyridine rings is 2. The number of carbonyl (C=O) groups excluding carboxylic acids is 2. The Morgan fingerprint density at radius 1 is 0.923 bits per heavy atom. The lowest BCUT2D eigenvalue weighted by molar-refractivity contribution is 0.0919. The van der Waals surface area contributed by atoms with E-state index in [0.717, 1.165) is 5.39 Å². The molecule has 2 N–H and O–H groups in total. The van der Waals surface area contributed by atoms with Gasteiger partial charge >= 0.3 is 0 Å². The van der Waals surface area contributed by atoms with Crippen molar-refractivity contribution >= 4 is 28.4 Å². The Balaban J connectivity index is 1.84. The first-order chi connectivity index (χ1) is 12.3. The van der Waals surface area contributed by atoms with Gasteiger partial charge in [-0.1, -0.05) is 18.2 Å². The Labute approximate surface area is 151 Å². The zero-order valence-electron chi connectivity index (χ0n) is 14.9. The molecule has 0 saturated carbocycles. The van der Waals surface area contributed by atoms with Crippen LogP contribution >= 0.6 is 0 Å². The van der Waals surface area contributed by atoms with Gasteiger partial charge in [0.15, 0.2) is 0 Å². The second-order valence-corrected chi connectivity index (χ2v) is 6.97. The van der Waals surface area contributed by atoms with Crippen LogP contribution in [-0.4, -0.2) is 27.3 Å². The summed E-state index contributed by atoms with van der Waals surface area (Å²) in [7, 11) is 0. The van der Waals surface area contributed by atoms with Crippen molar-refractivity contribution in [3.63, 3.8) is 0 Å². The number of para-hydroxylation sites is 1. The van der Waals surface area contributed by atoms with Crippen molar-refractivity contribution in [1.29, 1.82) is 0 Å². The second kappa shape index (κ2) is 6.92. The Hall–Kier alpha value is -3.28. The summed E-state index contributed by atoms with van der Waals surface area (Å²) in [6.45, 7) is 5.69. The fourth-order valence-corrected chi connectivity index (χ4v) is 2.50. The van der Waals surface area contributed by atoms with Crippen molar-refractivity contribution in [3.8, 4) is 0 Å². The minimum Gasteiger partial charge on any atom is -0.347 e. The number of aromatic nitrogens is 2. The van der Waals surface area contributed by atoms with Gasteiger partial charge in [0, 0.05) is 28.9 Å². The zero-order valence-corrected chi connectivity index (χ0v) is 14.9. The van der Waals surface area contributed by atoms with Crippen molar-refractivity contribution in [2.24, 2.45) is 0 Å². The summed E-state index contributed by atoms with van der Waals surface area (Å²) in [4.78, 5) is 33.3. The normalized spacial score (nSPS) is 11.2. The van der Waals surface area contributed by atoms with E-state index in [-0.39, 0.29) is 17.1 Å². The Kier molecular flexibility index (Phi) is 4.67. The van der Waals surface area contributed by atoms with Gasteiger partial charge in [-0.25, -0.2) is 0 Å². The molecule has 2 aromatic heterocycles. The van der Waals surface area contributed by atoms with Gasteiger partial charge in [0.25, 0.3) is 11.8 Å². The number of fused-ring (bicyclic) bond motifs is 1. The van der Waals surface area contributed by atoms with E-state index < -0.39 is 5.91 Å². The van der Waals surface area contributed by atoms with E-state index in [1.165, 1.54) is 12.3 Å². The van der Waals surface area contributed by atoms with Gasteiger partial charge in [-0.05, 0) is 45.0 Å². The first-order valence-electron chi connectivity index (χ1n) is 8.27. The number of benzene rings is 1. The van der Waals surface area contributed by atoms with E-state index in [4.69, 9.17) is 0 Å². The van der Waals surface area contributed by atoms with Crippen LogP contribution in [0.1, 0.15) is 41.6 Å². The highest BCUT2D eigenvalue weighted by Crippen LogP contribution is 2.21. The molecule has 0 spiro atoms. The van der Waals surface area contributed by atoms with Gasteiger partial charge in [-0.15, -0.1) is 0 Å². The summed E-state index contributed by atoms with van der Waals surface area (Å²) in [5.74, 6) is -0.644. The molecule has 0 atom stereocenters. The smallest absolute Gasteiger partial charge is 0.274 e. The molecule has 3 aromatic rings. The topological polar surface area (TPSA) is 84.0 Å². The molecule has 0 radical (unpaired) electrons. The van der Waals surface area contributed by atoms with Gasteiger partial charge in [0.2, 0.25) is 0 Å². The van der Waals surface area contributed by atoms with E-state index in [9.17, 15) is 9.59 Å². The van der Waals surface area contributed by atoms with Crippen LogP contribution in [0, 0.1) is 0 Å². The van der Waals surface area contributed by atoms with Crippen LogP contribution in [0.25, 0.3) is 10.9 Å². The number of hydrogen-bond donors (Lipinski definition) is 2. The fourth-order valence-electron chi connectivity index (χ4n) is 2.50. The summed E-state index contributed by atoms with van der Waals surface area (Å²) in [6, 6.07) is 12.4. The second-order valence-electron chi connectivity index (χ2n) is 6.97. The molecular formula is C20H20N4O2. The number of anilines is 1. The lowest BCUT2D eigenvalue weighted by Gasteiger charge is -2.20. The average molecular weight is 348 g/mol. The van der Waals surface area contributed by atoms with Crippen molar-refractivity contribution in [2.45, 2.75) is 26.3 Å². The van der Waals surface area contributed by atoms with Crippen LogP contribution in [0.4, 0.5) is 5.69 Å². The van der Waals surface area contributed by atoms with Crippen molar-refractivity contribution in [1.82, 2.24) is 15.3 Å². The minimum absolute atomic E-state index is 0.166. The molecule has 3 rings (SSSR count). The van der Waals surface area contributed by atoms with Crippen LogP contribution in [0.5, 0.6) is 0 Å². The summed E-state index contributed by atoms with van der Waals surface area (Å²) >= 11 is 0. The van der Waals surface area contributed by atoms with Gasteiger partial charge in [-0.3, -0.25) is 19.6 Å². The van der Waals surface area contributed by atoms with E-state index in [2.05, 4.69) is 20.6 Å². The molecule has 132 valence electrons. The minimum atomic E-state index is -0.395. The molecule has 0 unspecified atom stereocenters. The van der Waals surface area contributed by atoms with Gasteiger partial charge in [-0.2, -0.15) is 0 Å². The summed E-state index contributed by atoms with van der Waals surface area (Å²) in [6.07, 6.45) is 3.13. The van der Waals surface area contributed by atoms with Gasteiger partial charge < -0.3 is 10.6 Å². The maximum Gasteiger partial charge on any atom is 0.274 e. The molecule has 0 saturated heterocycles. The van der Waals surface area contributed by atoms with Crippen LogP contribution in [-0.2, 0) is 0 Å². The van der Waals surface area contributed by atoms with Gasteiger partial charge in [0.05, 0.1) is 11.2 Å². The molecule has 1 aromatic carbocycles. The van der Waals surface area contributed by atoms with E-state index in [0.29, 0.717) is 16.8 Å². The number of nitrogens with zero attached hydrogens (tertiary/aromatic N) is 2. The van der Waals surface area contributed by atoms with Crippen LogP contribution in [0.3, 0.4) is 0 Å². The molecular weight excluding hydrogens is 328 g/mol. The van der Waals surface area contributed by atoms with Crippen molar-refractivity contribution in [2.75, 3.05) is 5.32 Å². The van der Waals surface area contributed by atoms with Gasteiger partial charge in [0.1, 0.15) is 5.69 Å². The third kappa shape index (κ3) is 4.03. The van der Waals surface area contributed by atoms with Crippen LogP contribution < -0.4 is 10.6 Å². The molecule has 2 amide bonds. The number of rotatable bonds is 3. The van der Waals surface area contributed by atoms with Crippen LogP contribution in [0.15, 0.2) is 54.9 Å². The summed E-state index contributed by atoms with van der Waals surface area (Å²) < 4.78 is 0. The Morgan fingerprint density at radius 2 is 1.69 bits per heavy atom. The molecule has 0 aliphatic carbocycles. The van der Waals surface area contributed by atoms with Crippen molar-refractivity contribution < 1.29 is 9.59 Å². The Morgan fingerprint density at radius 3 is 2.46 bits per heavy atom. The lowest BCUT2D eigenvalue weighted by atomic mass is 10.1. The maximum atomic E-state index is 12.6. The molecule has 0 fully saturated rings. The first-order valence-corrected chi connectivity index (χ1v) is 8.27. The molecule has 6 nitrogen and oxygen atoms in total. The van der Waals surface area contributed by atoms with Crippen molar-refractivity contribution in [3.05, 3.63) is 66.1 Å². The predicted molar refractivity (Wildman–Crippen MR) is 101 cm³/mol. The van der Waals surface area contributed by atoms with Crippen LogP contribution in [0.2, 0.25) is 0 Å². The SMILES string of the molecule is CC(C)(C)NC(=O)c1ccnc(C(=O)Nc2cccc3cccnc23)c1. The molecule has 26 heavy (non-hydrogen) atoms. The van der Waals surface area contributed by atoms with E-state index in [1.807, 2.05) is 45.0 Å². The average Bonchev–Trinajstić information content (AvgIpc) is 2.61. The number of hydrogen-bond acceptors (Lipinski definition) is 4. The number of amides is 2. The monoisotopic (exact) mass is 348 g/mol. The highest BCUT2D eigenvalue weighted by molar-refractivity contribution is 6.08. The maximum absolute atomic E-state index is 12.6.